The summed E-state index contributed by atoms with van der Waals surface area (Å²) in [7, 11) is 3.10. The number of nitrogens with zero attached hydrogens (tertiary/aromatic N) is 1. The summed E-state index contributed by atoms with van der Waals surface area (Å²) < 4.78 is 10.7. The minimum Gasteiger partial charge on any atom is -0.503 e. The van der Waals surface area contributed by atoms with Gasteiger partial charge in [0, 0.05) is 11.5 Å². The van der Waals surface area contributed by atoms with Crippen molar-refractivity contribution in [1.29, 1.82) is 0 Å². The van der Waals surface area contributed by atoms with Crippen molar-refractivity contribution >= 4 is 11.7 Å². The number of ketones is 1. The van der Waals surface area contributed by atoms with Crippen molar-refractivity contribution in [2.45, 2.75) is 58.5 Å². The van der Waals surface area contributed by atoms with Crippen molar-refractivity contribution in [3.05, 3.63) is 35.1 Å². The van der Waals surface area contributed by atoms with Crippen LogP contribution in [0.2, 0.25) is 0 Å². The van der Waals surface area contributed by atoms with Crippen LogP contribution in [0.4, 0.5) is 0 Å². The van der Waals surface area contributed by atoms with E-state index in [4.69, 9.17) is 9.47 Å². The number of amides is 1. The van der Waals surface area contributed by atoms with Gasteiger partial charge in [-0.2, -0.15) is 0 Å². The summed E-state index contributed by atoms with van der Waals surface area (Å²) in [6, 6.07) is 4.77. The van der Waals surface area contributed by atoms with Crippen LogP contribution in [0.5, 0.6) is 11.5 Å². The Balaban J connectivity index is 2.15. The van der Waals surface area contributed by atoms with Crippen LogP contribution in [0.25, 0.3) is 0 Å². The van der Waals surface area contributed by atoms with Crippen LogP contribution in [0.15, 0.2) is 29.5 Å². The van der Waals surface area contributed by atoms with Gasteiger partial charge in [-0.05, 0) is 30.5 Å². The zero-order valence-corrected chi connectivity index (χ0v) is 17.2. The van der Waals surface area contributed by atoms with Crippen LogP contribution in [-0.4, -0.2) is 42.0 Å². The molecule has 0 saturated heterocycles. The van der Waals surface area contributed by atoms with Crippen molar-refractivity contribution in [2.24, 2.45) is 5.41 Å². The third kappa shape index (κ3) is 3.36. The zero-order valence-electron chi connectivity index (χ0n) is 17.2. The van der Waals surface area contributed by atoms with E-state index in [1.165, 1.54) is 0 Å². The third-order valence-corrected chi connectivity index (χ3v) is 5.61. The van der Waals surface area contributed by atoms with Crippen LogP contribution in [-0.2, 0) is 9.59 Å². The van der Waals surface area contributed by atoms with Crippen LogP contribution in [0.1, 0.15) is 58.1 Å². The molecule has 28 heavy (non-hydrogen) atoms. The molecule has 1 aromatic rings. The topological polar surface area (TPSA) is 76.1 Å². The molecule has 1 heterocycles. The van der Waals surface area contributed by atoms with Gasteiger partial charge in [-0.25, -0.2) is 0 Å². The highest BCUT2D eigenvalue weighted by atomic mass is 16.5. The van der Waals surface area contributed by atoms with Crippen LogP contribution < -0.4 is 9.47 Å². The lowest BCUT2D eigenvalue weighted by molar-refractivity contribution is -0.131. The number of hydrogen-bond donors (Lipinski definition) is 1. The number of hydrogen-bond acceptors (Lipinski definition) is 5. The first-order valence-corrected chi connectivity index (χ1v) is 9.73. The highest BCUT2D eigenvalue weighted by Crippen LogP contribution is 2.45. The van der Waals surface area contributed by atoms with E-state index in [0.29, 0.717) is 11.5 Å². The first kappa shape index (κ1) is 20.2. The molecule has 0 bridgehead atoms. The van der Waals surface area contributed by atoms with Crippen molar-refractivity contribution in [3.63, 3.8) is 0 Å². The predicted molar refractivity (Wildman–Crippen MR) is 106 cm³/mol. The van der Waals surface area contributed by atoms with E-state index in [2.05, 4.69) is 0 Å². The molecule has 6 nitrogen and oxygen atoms in total. The summed E-state index contributed by atoms with van der Waals surface area (Å²) in [6.45, 7) is 5.39. The Hall–Kier alpha value is -2.50. The van der Waals surface area contributed by atoms with Gasteiger partial charge in [0.15, 0.2) is 23.0 Å². The molecule has 1 saturated carbocycles. The van der Waals surface area contributed by atoms with Gasteiger partial charge in [0.2, 0.25) is 0 Å². The Morgan fingerprint density at radius 3 is 2.25 bits per heavy atom. The first-order valence-electron chi connectivity index (χ1n) is 9.73. The Morgan fingerprint density at radius 2 is 1.71 bits per heavy atom. The van der Waals surface area contributed by atoms with Gasteiger partial charge in [0.1, 0.15) is 0 Å². The number of aliphatic hydroxyl groups is 1. The number of benzene rings is 1. The van der Waals surface area contributed by atoms with Crippen LogP contribution >= 0.6 is 0 Å². The fourth-order valence-corrected chi connectivity index (χ4v) is 4.17. The summed E-state index contributed by atoms with van der Waals surface area (Å²) in [5.74, 6) is -0.0165. The first-order chi connectivity index (χ1) is 13.2. The second-order valence-electron chi connectivity index (χ2n) is 8.51. The van der Waals surface area contributed by atoms with E-state index in [0.717, 1.165) is 31.2 Å². The van der Waals surface area contributed by atoms with Gasteiger partial charge >= 0.3 is 0 Å². The summed E-state index contributed by atoms with van der Waals surface area (Å²) >= 11 is 0. The largest absolute Gasteiger partial charge is 0.503 e. The average Bonchev–Trinajstić information content (AvgIpc) is 3.27. The van der Waals surface area contributed by atoms with Gasteiger partial charge in [-0.3, -0.25) is 9.59 Å². The van der Waals surface area contributed by atoms with Crippen LogP contribution in [0, 0.1) is 5.41 Å². The van der Waals surface area contributed by atoms with Gasteiger partial charge in [-0.15, -0.1) is 0 Å². The van der Waals surface area contributed by atoms with Crippen molar-refractivity contribution in [2.75, 3.05) is 14.2 Å². The number of carbonyl (C=O) groups is 2. The number of methoxy groups -OCH3 is 2. The molecule has 1 N–H and O–H groups in total. The maximum Gasteiger partial charge on any atom is 0.290 e. The Bertz CT molecular complexity index is 815. The lowest BCUT2D eigenvalue weighted by Crippen LogP contribution is -2.39. The molecule has 3 rings (SSSR count). The fraction of sp³-hybridized carbons (Fsp3) is 0.545. The van der Waals surface area contributed by atoms with Gasteiger partial charge < -0.3 is 19.5 Å². The van der Waals surface area contributed by atoms with E-state index >= 15 is 0 Å². The molecule has 1 unspecified atom stereocenters. The number of Topliss-reactive ketones (excluding diaryl/α,β-unsaturated/α-hetero) is 1. The molecule has 1 fully saturated rings. The van der Waals surface area contributed by atoms with Gasteiger partial charge in [-0.1, -0.05) is 39.7 Å². The molecule has 1 amide bonds. The lowest BCUT2D eigenvalue weighted by Gasteiger charge is -2.33. The van der Waals surface area contributed by atoms with E-state index in [1.54, 1.807) is 52.0 Å². The smallest absolute Gasteiger partial charge is 0.290 e. The molecule has 0 spiro atoms. The van der Waals surface area contributed by atoms with E-state index in [1.807, 2.05) is 6.07 Å². The van der Waals surface area contributed by atoms with Crippen molar-refractivity contribution in [3.8, 4) is 11.5 Å². The number of carbonyl (C=O) groups excluding carboxylic acids is 2. The maximum absolute atomic E-state index is 13.2. The fourth-order valence-electron chi connectivity index (χ4n) is 4.17. The highest BCUT2D eigenvalue weighted by Gasteiger charge is 2.48. The monoisotopic (exact) mass is 387 g/mol. The molecule has 152 valence electrons. The van der Waals surface area contributed by atoms with Crippen molar-refractivity contribution in [1.82, 2.24) is 4.90 Å². The molecular weight excluding hydrogens is 358 g/mol. The minimum atomic E-state index is -0.718. The molecular formula is C22H29NO5. The van der Waals surface area contributed by atoms with Crippen LogP contribution in [0.3, 0.4) is 0 Å². The molecule has 1 atom stereocenters. The summed E-state index contributed by atoms with van der Waals surface area (Å²) in [4.78, 5) is 27.9. The SMILES string of the molecule is COc1ccc(C2C(C(=O)C(C)(C)C)=C(O)C(=O)N2C2CCCC2)cc1OC. The molecule has 1 aliphatic carbocycles. The van der Waals surface area contributed by atoms with Gasteiger partial charge in [0.05, 0.1) is 25.8 Å². The summed E-state index contributed by atoms with van der Waals surface area (Å²) in [6.07, 6.45) is 3.83. The molecule has 6 heteroatoms. The zero-order chi connectivity index (χ0) is 20.6. The Labute approximate surface area is 166 Å². The summed E-state index contributed by atoms with van der Waals surface area (Å²) in [5, 5.41) is 10.7. The standard InChI is InChI=1S/C22H29NO5/c1-22(2,3)20(25)17-18(13-10-11-15(27-4)16(12-13)28-5)23(21(26)19(17)24)14-8-6-7-9-14/h10-12,14,18,24H,6-9H2,1-5H3. The number of ether oxygens (including phenoxy) is 2. The summed E-state index contributed by atoms with van der Waals surface area (Å²) in [5.41, 5.74) is 0.190. The average molecular weight is 387 g/mol. The second kappa shape index (κ2) is 7.49. The molecule has 1 aromatic carbocycles. The quantitative estimate of drug-likeness (QED) is 0.828. The lowest BCUT2D eigenvalue weighted by atomic mass is 9.82. The Morgan fingerprint density at radius 1 is 1.11 bits per heavy atom. The third-order valence-electron chi connectivity index (χ3n) is 5.61. The Kier molecular flexibility index (Phi) is 5.41. The molecule has 2 aliphatic rings. The van der Waals surface area contributed by atoms with E-state index < -0.39 is 23.1 Å². The molecule has 1 aliphatic heterocycles. The normalized spacial score (nSPS) is 20.8. The van der Waals surface area contributed by atoms with Crippen molar-refractivity contribution < 1.29 is 24.2 Å². The molecule has 0 aromatic heterocycles. The van der Waals surface area contributed by atoms with E-state index in [-0.39, 0.29) is 17.4 Å². The second-order valence-corrected chi connectivity index (χ2v) is 8.51. The maximum atomic E-state index is 13.2. The highest BCUT2D eigenvalue weighted by molar-refractivity contribution is 6.10. The number of aliphatic hydroxyl groups excluding tert-OH is 1. The predicted octanol–water partition coefficient (Wildman–Crippen LogP) is 3.96. The minimum absolute atomic E-state index is 0.0121. The molecule has 0 radical (unpaired) electrons. The number of rotatable bonds is 5. The van der Waals surface area contributed by atoms with E-state index in [9.17, 15) is 14.7 Å². The van der Waals surface area contributed by atoms with Gasteiger partial charge in [0.25, 0.3) is 5.91 Å².